The van der Waals surface area contributed by atoms with Crippen molar-refractivity contribution in [2.24, 2.45) is 0 Å². The lowest BCUT2D eigenvalue weighted by Gasteiger charge is -2.46. The maximum absolute atomic E-state index is 2.76. The van der Waals surface area contributed by atoms with Gasteiger partial charge < -0.3 is 14.4 Å². The molecule has 0 bridgehead atoms. The summed E-state index contributed by atoms with van der Waals surface area (Å²) in [5, 5.41) is 5.12. The maximum atomic E-state index is 2.76. The molecule has 406 valence electrons. The van der Waals surface area contributed by atoms with Crippen LogP contribution < -0.4 is 26.2 Å². The molecule has 2 aromatic heterocycles. The van der Waals surface area contributed by atoms with Gasteiger partial charge in [0, 0.05) is 65.8 Å². The van der Waals surface area contributed by atoms with Crippen molar-refractivity contribution in [1.29, 1.82) is 0 Å². The van der Waals surface area contributed by atoms with Gasteiger partial charge in [-0.05, 0) is 140 Å². The summed E-state index contributed by atoms with van der Waals surface area (Å²) >= 11 is 1.95. The number of nitrogens with zero attached hydrogens (tertiary/aromatic N) is 3. The third kappa shape index (κ3) is 8.31. The molecule has 0 fully saturated rings. The van der Waals surface area contributed by atoms with Crippen LogP contribution in [0.2, 0.25) is 0 Å². The fourth-order valence-electron chi connectivity index (χ4n) is 14.0. The van der Waals surface area contributed by atoms with Crippen LogP contribution in [-0.4, -0.2) is 11.3 Å². The normalized spacial score (nSPS) is 12.8. The van der Waals surface area contributed by atoms with Crippen LogP contribution in [0.1, 0.15) is 51.7 Å². The third-order valence-corrected chi connectivity index (χ3v) is 19.3. The highest BCUT2D eigenvalue weighted by molar-refractivity contribution is 7.26. The Kier molecular flexibility index (Phi) is 12.2. The summed E-state index contributed by atoms with van der Waals surface area (Å²) in [4.78, 5) is 5.46. The minimum absolute atomic E-state index is 0.142. The van der Waals surface area contributed by atoms with Crippen molar-refractivity contribution in [1.82, 2.24) is 4.57 Å². The predicted octanol–water partition coefficient (Wildman–Crippen LogP) is 20.5. The monoisotopic (exact) mass is 1110 g/mol. The zero-order chi connectivity index (χ0) is 56.9. The SMILES string of the molecule is CCCCc1ccc2c(sc3ccccc32)c1N1c2cc(-n3c4ccccc4c4ccccc43)ccc2B2c3cc(-c4ccccc4)ccc3N(c3c(-c4ccccc4)cc(-c4ccccc4)cc3-c3ccccc3)c3cc(C(C)(C)C)cc1c32. The number of aryl methyl sites for hydroxylation is 1. The smallest absolute Gasteiger partial charge is 0.252 e. The van der Waals surface area contributed by atoms with E-state index in [0.717, 1.165) is 30.6 Å². The van der Waals surface area contributed by atoms with E-state index in [1.165, 1.54) is 142 Å². The number of aromatic nitrogens is 1. The van der Waals surface area contributed by atoms with Crippen molar-refractivity contribution in [2.75, 3.05) is 9.80 Å². The van der Waals surface area contributed by atoms with Crippen molar-refractivity contribution in [3.63, 3.8) is 0 Å². The molecule has 0 saturated heterocycles. The molecule has 0 aliphatic carbocycles. The maximum Gasteiger partial charge on any atom is 0.252 e. The summed E-state index contributed by atoms with van der Waals surface area (Å²) in [6.07, 6.45) is 3.14. The minimum atomic E-state index is -0.239. The van der Waals surface area contributed by atoms with Crippen LogP contribution in [-0.2, 0) is 11.8 Å². The molecule has 0 saturated carbocycles. The van der Waals surface area contributed by atoms with Gasteiger partial charge in [-0.1, -0.05) is 240 Å². The third-order valence-electron chi connectivity index (χ3n) is 18.1. The van der Waals surface area contributed by atoms with Gasteiger partial charge in [0.2, 0.25) is 0 Å². The zero-order valence-corrected chi connectivity index (χ0v) is 49.2. The fraction of sp³-hybridized carbons (Fsp3) is 0.100. The molecule has 12 aromatic carbocycles. The average Bonchev–Trinajstić information content (AvgIpc) is 0.875. The van der Waals surface area contributed by atoms with Crippen LogP contribution >= 0.6 is 11.3 Å². The Bertz CT molecular complexity index is 4810. The largest absolute Gasteiger partial charge is 0.310 e. The molecule has 0 atom stereocenters. The summed E-state index contributed by atoms with van der Waals surface area (Å²) < 4.78 is 5.14. The summed E-state index contributed by atoms with van der Waals surface area (Å²) in [6, 6.07) is 101. The Labute approximate surface area is 502 Å². The molecule has 0 radical (unpaired) electrons. The van der Waals surface area contributed by atoms with Crippen molar-refractivity contribution >= 4 is 111 Å². The molecule has 0 spiro atoms. The van der Waals surface area contributed by atoms with Gasteiger partial charge in [0.25, 0.3) is 6.71 Å². The Morgan fingerprint density at radius 1 is 0.400 bits per heavy atom. The van der Waals surface area contributed by atoms with Crippen LogP contribution in [0, 0.1) is 0 Å². The molecule has 4 heterocycles. The first-order valence-corrected chi connectivity index (χ1v) is 31.0. The lowest BCUT2D eigenvalue weighted by molar-refractivity contribution is 0.590. The topological polar surface area (TPSA) is 11.4 Å². The summed E-state index contributed by atoms with van der Waals surface area (Å²) in [5.41, 5.74) is 26.5. The van der Waals surface area contributed by atoms with Crippen LogP contribution in [0.3, 0.4) is 0 Å². The first-order chi connectivity index (χ1) is 41.8. The van der Waals surface area contributed by atoms with Gasteiger partial charge in [0.1, 0.15) is 0 Å². The van der Waals surface area contributed by atoms with Gasteiger partial charge in [-0.2, -0.15) is 0 Å². The number of hydrogen-bond donors (Lipinski definition) is 0. The van der Waals surface area contributed by atoms with Crippen molar-refractivity contribution in [3.8, 4) is 50.2 Å². The number of hydrogen-bond acceptors (Lipinski definition) is 3. The van der Waals surface area contributed by atoms with Crippen molar-refractivity contribution in [3.05, 3.63) is 278 Å². The number of anilines is 6. The van der Waals surface area contributed by atoms with E-state index in [-0.39, 0.29) is 12.1 Å². The molecule has 14 aromatic rings. The standard InChI is InChI=1S/C80H62BN3S/c1-5-6-25-56-40-43-64-63-36-21-24-39-75(63)85-79(64)77(56)84-72-51-60(82-69-37-22-19-34-61(69)62-35-20-23-38-70(62)82)42-44-67(72)81-68-48-57(52-26-11-7-12-27-52)41-45-71(68)83(73-49-59(80(2,3)4)50-74(84)76(73)81)78-65(54-30-15-9-16-31-54)46-58(53-28-13-8-14-29-53)47-66(78)55-32-17-10-18-33-55/h7-24,26-51H,5-6,25H2,1-4H3. The molecular weight excluding hydrogens is 1050 g/mol. The number of unbranched alkanes of at least 4 members (excludes halogenated alkanes) is 1. The molecule has 16 rings (SSSR count). The quantitative estimate of drug-likeness (QED) is 0.126. The summed E-state index contributed by atoms with van der Waals surface area (Å²) in [7, 11) is 0. The van der Waals surface area contributed by atoms with Gasteiger partial charge in [0.15, 0.2) is 0 Å². The van der Waals surface area contributed by atoms with E-state index >= 15 is 0 Å². The zero-order valence-electron chi connectivity index (χ0n) is 48.4. The van der Waals surface area contributed by atoms with Gasteiger partial charge in [0.05, 0.1) is 27.1 Å². The van der Waals surface area contributed by atoms with E-state index in [1.807, 2.05) is 11.3 Å². The van der Waals surface area contributed by atoms with Crippen molar-refractivity contribution in [2.45, 2.75) is 52.4 Å². The second-order valence-electron chi connectivity index (χ2n) is 24.2. The predicted molar refractivity (Wildman–Crippen MR) is 367 cm³/mol. The molecule has 2 aliphatic rings. The van der Waals surface area contributed by atoms with E-state index in [1.54, 1.807) is 0 Å². The Morgan fingerprint density at radius 3 is 1.54 bits per heavy atom. The number of fused-ring (bicyclic) bond motifs is 10. The molecule has 2 aliphatic heterocycles. The number of para-hydroxylation sites is 2. The molecular formula is C80H62BN3S. The van der Waals surface area contributed by atoms with Gasteiger partial charge in [-0.15, -0.1) is 11.3 Å². The van der Waals surface area contributed by atoms with Crippen LogP contribution in [0.25, 0.3) is 92.2 Å². The molecule has 5 heteroatoms. The summed E-state index contributed by atoms with van der Waals surface area (Å²) in [5.74, 6) is 0. The van der Waals surface area contributed by atoms with Crippen LogP contribution in [0.4, 0.5) is 34.1 Å². The Hall–Kier alpha value is -9.68. The average molecular weight is 1110 g/mol. The molecule has 0 amide bonds. The number of thiophene rings is 1. The highest BCUT2D eigenvalue weighted by atomic mass is 32.1. The highest BCUT2D eigenvalue weighted by Crippen LogP contribution is 2.55. The van der Waals surface area contributed by atoms with Crippen LogP contribution in [0.5, 0.6) is 0 Å². The fourth-order valence-corrected chi connectivity index (χ4v) is 15.3. The first kappa shape index (κ1) is 51.0. The van der Waals surface area contributed by atoms with E-state index in [2.05, 4.69) is 309 Å². The number of rotatable bonds is 10. The lowest BCUT2D eigenvalue weighted by Crippen LogP contribution is -2.61. The molecule has 0 N–H and O–H groups in total. The minimum Gasteiger partial charge on any atom is -0.310 e. The molecule has 0 unspecified atom stereocenters. The van der Waals surface area contributed by atoms with Gasteiger partial charge in [-0.3, -0.25) is 0 Å². The van der Waals surface area contributed by atoms with Gasteiger partial charge >= 0.3 is 0 Å². The Morgan fingerprint density at radius 2 is 0.941 bits per heavy atom. The van der Waals surface area contributed by atoms with Crippen molar-refractivity contribution < 1.29 is 0 Å². The van der Waals surface area contributed by atoms with Gasteiger partial charge in [-0.25, -0.2) is 0 Å². The summed E-state index contributed by atoms with van der Waals surface area (Å²) in [6.45, 7) is 9.37. The molecule has 85 heavy (non-hydrogen) atoms. The second kappa shape index (κ2) is 20.3. The van der Waals surface area contributed by atoms with E-state index in [0.29, 0.717) is 0 Å². The van der Waals surface area contributed by atoms with E-state index in [9.17, 15) is 0 Å². The van der Waals surface area contributed by atoms with E-state index < -0.39 is 0 Å². The lowest BCUT2D eigenvalue weighted by atomic mass is 9.33. The van der Waals surface area contributed by atoms with E-state index in [4.69, 9.17) is 0 Å². The Balaban J connectivity index is 1.08. The number of benzene rings is 12. The second-order valence-corrected chi connectivity index (χ2v) is 25.3. The highest BCUT2D eigenvalue weighted by Gasteiger charge is 2.46. The first-order valence-electron chi connectivity index (χ1n) is 30.2. The van der Waals surface area contributed by atoms with Crippen LogP contribution in [0.15, 0.2) is 267 Å². The molecule has 3 nitrogen and oxygen atoms in total.